The molecule has 2 aliphatic heterocycles. The molecule has 2 aromatic heterocycles. The average molecular weight is 543 g/mol. The highest BCUT2D eigenvalue weighted by Gasteiger charge is 2.47. The van der Waals surface area contributed by atoms with E-state index in [1.54, 1.807) is 51.2 Å². The van der Waals surface area contributed by atoms with E-state index in [0.29, 0.717) is 33.7 Å². The largest absolute Gasteiger partial charge is 0.444 e. The van der Waals surface area contributed by atoms with Crippen molar-refractivity contribution in [3.63, 3.8) is 0 Å². The molecule has 0 radical (unpaired) electrons. The van der Waals surface area contributed by atoms with Gasteiger partial charge in [0.2, 0.25) is 11.8 Å². The first-order chi connectivity index (χ1) is 16.1. The van der Waals surface area contributed by atoms with Gasteiger partial charge < -0.3 is 9.47 Å². The van der Waals surface area contributed by atoms with Crippen LogP contribution in [0, 0.1) is 5.95 Å². The van der Waals surface area contributed by atoms with Gasteiger partial charge in [-0.3, -0.25) is 5.32 Å². The quantitative estimate of drug-likeness (QED) is 0.378. The Balaban J connectivity index is 1.63. The summed E-state index contributed by atoms with van der Waals surface area (Å²) < 4.78 is 26.7. The molecule has 7 nitrogen and oxygen atoms in total. The number of nitrogens with one attached hydrogen (secondary N) is 1. The molecule has 0 saturated heterocycles. The fraction of sp³-hybridized carbons (Fsp3) is 0.250. The lowest BCUT2D eigenvalue weighted by molar-refractivity contribution is 0.0564. The summed E-state index contributed by atoms with van der Waals surface area (Å²) in [5, 5.41) is 3.17. The van der Waals surface area contributed by atoms with Crippen LogP contribution in [0.25, 0.3) is 11.1 Å². The third kappa shape index (κ3) is 4.16. The number of aliphatic imine (C=N–C) groups is 1. The van der Waals surface area contributed by atoms with Gasteiger partial charge in [-0.05, 0) is 72.6 Å². The second-order valence-corrected chi connectivity index (χ2v) is 10.7. The van der Waals surface area contributed by atoms with Crippen molar-refractivity contribution in [3.05, 3.63) is 70.3 Å². The normalized spacial score (nSPS) is 18.6. The number of amides is 1. The maximum atomic E-state index is 14.5. The van der Waals surface area contributed by atoms with Gasteiger partial charge in [-0.1, -0.05) is 17.8 Å². The lowest BCUT2D eigenvalue weighted by Gasteiger charge is -2.34. The van der Waals surface area contributed by atoms with E-state index in [4.69, 9.17) is 14.5 Å². The third-order valence-corrected chi connectivity index (χ3v) is 6.75. The van der Waals surface area contributed by atoms with Crippen LogP contribution in [0.4, 0.5) is 9.18 Å². The van der Waals surface area contributed by atoms with E-state index in [1.807, 2.05) is 12.1 Å². The molecule has 0 fully saturated rings. The van der Waals surface area contributed by atoms with Crippen LogP contribution in [0.1, 0.15) is 31.9 Å². The lowest BCUT2D eigenvalue weighted by atomic mass is 9.82. The van der Waals surface area contributed by atoms with Crippen molar-refractivity contribution < 1.29 is 18.7 Å². The van der Waals surface area contributed by atoms with E-state index in [-0.39, 0.29) is 0 Å². The predicted octanol–water partition coefficient (Wildman–Crippen LogP) is 6.02. The molecule has 174 valence electrons. The zero-order chi connectivity index (χ0) is 24.1. The molecule has 0 saturated carbocycles. The summed E-state index contributed by atoms with van der Waals surface area (Å²) in [4.78, 5) is 25.5. The molecule has 5 rings (SSSR count). The number of halogens is 2. The summed E-state index contributed by atoms with van der Waals surface area (Å²) in [5.41, 5.74) is 0.971. The molecule has 1 atom stereocenters. The Kier molecular flexibility index (Phi) is 5.60. The van der Waals surface area contributed by atoms with Crippen LogP contribution in [0.3, 0.4) is 0 Å². The SMILES string of the molecule is CC(C)(C)OC(=O)NC1=NC2(CS1)c1cc(-c3cccnc3F)ccc1Oc1ncc(Br)cc12. The number of alkyl carbamates (subject to hydrolysis) is 1. The van der Waals surface area contributed by atoms with Crippen molar-refractivity contribution in [3.8, 4) is 22.8 Å². The molecule has 1 amide bonds. The van der Waals surface area contributed by atoms with Crippen molar-refractivity contribution in [2.45, 2.75) is 31.9 Å². The van der Waals surface area contributed by atoms with Gasteiger partial charge in [-0.25, -0.2) is 19.8 Å². The Bertz CT molecular complexity index is 1340. The van der Waals surface area contributed by atoms with Crippen LogP contribution in [0.5, 0.6) is 11.6 Å². The number of carbonyl (C=O) groups is 1. The highest BCUT2D eigenvalue weighted by atomic mass is 79.9. The maximum Gasteiger partial charge on any atom is 0.413 e. The minimum Gasteiger partial charge on any atom is -0.444 e. The molecule has 10 heteroatoms. The minimum atomic E-state index is -0.899. The number of rotatable bonds is 1. The van der Waals surface area contributed by atoms with E-state index in [0.717, 1.165) is 15.6 Å². The number of amidine groups is 1. The van der Waals surface area contributed by atoms with E-state index < -0.39 is 23.2 Å². The molecular formula is C24H20BrFN4O3S. The summed E-state index contributed by atoms with van der Waals surface area (Å²) >= 11 is 4.88. The van der Waals surface area contributed by atoms with Crippen molar-refractivity contribution in [2.75, 3.05) is 5.75 Å². The van der Waals surface area contributed by atoms with Gasteiger partial charge in [-0.2, -0.15) is 4.39 Å². The van der Waals surface area contributed by atoms with Gasteiger partial charge in [0.1, 0.15) is 16.9 Å². The average Bonchev–Trinajstić information content (AvgIpc) is 3.18. The van der Waals surface area contributed by atoms with Crippen molar-refractivity contribution in [2.24, 2.45) is 4.99 Å². The highest BCUT2D eigenvalue weighted by Crippen LogP contribution is 2.53. The number of fused-ring (bicyclic) bond motifs is 4. The van der Waals surface area contributed by atoms with E-state index in [1.165, 1.54) is 18.0 Å². The van der Waals surface area contributed by atoms with Crippen LogP contribution in [0.2, 0.25) is 0 Å². The molecule has 2 aliphatic rings. The van der Waals surface area contributed by atoms with E-state index in [2.05, 4.69) is 31.2 Å². The van der Waals surface area contributed by atoms with Crippen LogP contribution >= 0.6 is 27.7 Å². The van der Waals surface area contributed by atoms with Crippen LogP contribution in [-0.2, 0) is 10.3 Å². The van der Waals surface area contributed by atoms with Gasteiger partial charge >= 0.3 is 6.09 Å². The van der Waals surface area contributed by atoms with Crippen molar-refractivity contribution in [1.29, 1.82) is 0 Å². The summed E-state index contributed by atoms with van der Waals surface area (Å²) in [7, 11) is 0. The summed E-state index contributed by atoms with van der Waals surface area (Å²) in [6.07, 6.45) is 2.48. The van der Waals surface area contributed by atoms with Crippen molar-refractivity contribution >= 4 is 39.0 Å². The molecular weight excluding hydrogens is 523 g/mol. The first-order valence-electron chi connectivity index (χ1n) is 10.5. The maximum absolute atomic E-state index is 14.5. The van der Waals surface area contributed by atoms with Gasteiger partial charge in [0.25, 0.3) is 0 Å². The molecule has 1 spiro atoms. The zero-order valence-electron chi connectivity index (χ0n) is 18.6. The minimum absolute atomic E-state index is 0.375. The summed E-state index contributed by atoms with van der Waals surface area (Å²) in [5.74, 6) is 0.922. The number of nitrogens with zero attached hydrogens (tertiary/aromatic N) is 3. The number of hydrogen-bond donors (Lipinski definition) is 1. The first-order valence-corrected chi connectivity index (χ1v) is 12.2. The fourth-order valence-electron chi connectivity index (χ4n) is 3.91. The van der Waals surface area contributed by atoms with E-state index in [9.17, 15) is 9.18 Å². The standard InChI is InChI=1S/C24H20BrFN4O3S/c1-23(2,3)33-22(31)29-21-30-24(12-34-21)16-9-13(15-5-4-8-27-19(15)26)6-7-18(16)32-20-17(24)10-14(25)11-28-20/h4-11H,12H2,1-3H3,(H,29,30,31). The van der Waals surface area contributed by atoms with Gasteiger partial charge in [0.15, 0.2) is 5.17 Å². The second-order valence-electron chi connectivity index (χ2n) is 8.85. The number of thioether (sulfide) groups is 1. The Hall–Kier alpha value is -2.98. The molecule has 0 bridgehead atoms. The van der Waals surface area contributed by atoms with E-state index >= 15 is 0 Å². The molecule has 0 aliphatic carbocycles. The molecule has 4 heterocycles. The molecule has 1 N–H and O–H groups in total. The van der Waals surface area contributed by atoms with Crippen LogP contribution < -0.4 is 10.1 Å². The van der Waals surface area contributed by atoms with Gasteiger partial charge in [-0.15, -0.1) is 0 Å². The number of ether oxygens (including phenoxy) is 2. The molecule has 34 heavy (non-hydrogen) atoms. The van der Waals surface area contributed by atoms with Gasteiger partial charge in [0.05, 0.1) is 0 Å². The Morgan fingerprint density at radius 2 is 2.06 bits per heavy atom. The summed E-state index contributed by atoms with van der Waals surface area (Å²) in [6.45, 7) is 5.39. The number of benzene rings is 1. The first kappa shape index (κ1) is 22.8. The van der Waals surface area contributed by atoms with Crippen LogP contribution in [0.15, 0.2) is 58.3 Å². The third-order valence-electron chi connectivity index (χ3n) is 5.28. The summed E-state index contributed by atoms with van der Waals surface area (Å²) in [6, 6.07) is 10.7. The monoisotopic (exact) mass is 542 g/mol. The Morgan fingerprint density at radius 1 is 1.24 bits per heavy atom. The Labute approximate surface area is 208 Å². The van der Waals surface area contributed by atoms with Crippen LogP contribution in [-0.4, -0.2) is 32.6 Å². The topological polar surface area (TPSA) is 85.7 Å². The number of aromatic nitrogens is 2. The predicted molar refractivity (Wildman–Crippen MR) is 132 cm³/mol. The number of pyridine rings is 2. The van der Waals surface area contributed by atoms with Crippen molar-refractivity contribution in [1.82, 2.24) is 15.3 Å². The lowest BCUT2D eigenvalue weighted by Crippen LogP contribution is -2.35. The molecule has 1 unspecified atom stereocenters. The molecule has 1 aromatic carbocycles. The number of carbonyl (C=O) groups excluding carboxylic acids is 1. The zero-order valence-corrected chi connectivity index (χ0v) is 21.0. The fourth-order valence-corrected chi connectivity index (χ4v) is 5.33. The smallest absolute Gasteiger partial charge is 0.413 e. The highest BCUT2D eigenvalue weighted by molar-refractivity contribution is 9.10. The number of hydrogen-bond acceptors (Lipinski definition) is 7. The molecule has 3 aromatic rings. The van der Waals surface area contributed by atoms with Gasteiger partial charge in [0, 0.05) is 39.3 Å². The Morgan fingerprint density at radius 3 is 2.82 bits per heavy atom. The second kappa shape index (κ2) is 8.35.